The van der Waals surface area contributed by atoms with E-state index in [4.69, 9.17) is 18.0 Å². The Kier molecular flexibility index (Phi) is 5.60. The number of hydrogen-bond acceptors (Lipinski definition) is 3. The number of nitrogens with zero attached hydrogens (tertiary/aromatic N) is 1. The van der Waals surface area contributed by atoms with Gasteiger partial charge in [0.15, 0.2) is 0 Å². The zero-order chi connectivity index (χ0) is 12.0. The molecule has 0 spiro atoms. The third kappa shape index (κ3) is 4.73. The van der Waals surface area contributed by atoms with Crippen molar-refractivity contribution in [3.63, 3.8) is 0 Å². The average molecular weight is 265 g/mol. The van der Waals surface area contributed by atoms with E-state index in [-0.39, 0.29) is 0 Å². The lowest BCUT2D eigenvalue weighted by Gasteiger charge is -2.15. The van der Waals surface area contributed by atoms with Crippen molar-refractivity contribution < 1.29 is 8.42 Å². The van der Waals surface area contributed by atoms with Crippen LogP contribution in [0.3, 0.4) is 0 Å². The van der Waals surface area contributed by atoms with Gasteiger partial charge in [0.05, 0.1) is 4.99 Å². The van der Waals surface area contributed by atoms with Crippen LogP contribution < -0.4 is 10.5 Å². The summed E-state index contributed by atoms with van der Waals surface area (Å²) in [5.74, 6) is 0. The van der Waals surface area contributed by atoms with Gasteiger partial charge < -0.3 is 5.73 Å². The number of thiocarbonyl (C=S) groups is 1. The number of unbranched alkanes of at least 4 members (excludes halogenated alkanes) is 1. The van der Waals surface area contributed by atoms with Crippen LogP contribution in [-0.4, -0.2) is 37.3 Å². The topological polar surface area (TPSA) is 75.4 Å². The van der Waals surface area contributed by atoms with Gasteiger partial charge in [0.2, 0.25) is 0 Å². The molecule has 1 saturated heterocycles. The van der Waals surface area contributed by atoms with Crippen LogP contribution in [-0.2, 0) is 10.2 Å². The Morgan fingerprint density at radius 3 is 2.50 bits per heavy atom. The van der Waals surface area contributed by atoms with Gasteiger partial charge in [0, 0.05) is 19.6 Å². The Morgan fingerprint density at radius 1 is 1.31 bits per heavy atom. The Hall–Kier alpha value is -0.240. The molecule has 1 rings (SSSR count). The predicted molar refractivity (Wildman–Crippen MR) is 68.4 cm³/mol. The summed E-state index contributed by atoms with van der Waals surface area (Å²) in [6.45, 7) is 1.74. The monoisotopic (exact) mass is 265 g/mol. The molecule has 0 aliphatic carbocycles. The molecular weight excluding hydrogens is 246 g/mol. The fourth-order valence-electron chi connectivity index (χ4n) is 1.65. The molecule has 0 bridgehead atoms. The molecular formula is C9H19N3O2S2. The third-order valence-corrected chi connectivity index (χ3v) is 4.36. The molecule has 0 saturated carbocycles. The number of nitrogens with one attached hydrogen (secondary N) is 1. The van der Waals surface area contributed by atoms with E-state index in [0.29, 0.717) is 31.0 Å². The molecule has 0 amide bonds. The lowest BCUT2D eigenvalue weighted by molar-refractivity contribution is 0.464. The van der Waals surface area contributed by atoms with Crippen molar-refractivity contribution in [2.24, 2.45) is 5.73 Å². The van der Waals surface area contributed by atoms with Gasteiger partial charge in [-0.3, -0.25) is 0 Å². The predicted octanol–water partition coefficient (Wildman–Crippen LogP) is 0.373. The number of hydrogen-bond donors (Lipinski definition) is 2. The molecule has 1 heterocycles. The van der Waals surface area contributed by atoms with E-state index in [1.54, 1.807) is 0 Å². The molecule has 0 aromatic rings. The molecule has 7 heteroatoms. The van der Waals surface area contributed by atoms with Crippen LogP contribution in [0.25, 0.3) is 0 Å². The van der Waals surface area contributed by atoms with Gasteiger partial charge in [-0.05, 0) is 32.1 Å². The van der Waals surface area contributed by atoms with Crippen LogP contribution in [0.2, 0.25) is 0 Å². The highest BCUT2D eigenvalue weighted by Gasteiger charge is 2.24. The molecule has 1 aliphatic heterocycles. The second-order valence-corrected chi connectivity index (χ2v) is 6.21. The minimum atomic E-state index is -3.24. The smallest absolute Gasteiger partial charge is 0.279 e. The first-order valence-corrected chi connectivity index (χ1v) is 7.40. The van der Waals surface area contributed by atoms with Gasteiger partial charge in [-0.1, -0.05) is 12.2 Å². The van der Waals surface area contributed by atoms with E-state index in [1.165, 1.54) is 4.31 Å². The van der Waals surface area contributed by atoms with Gasteiger partial charge in [-0.15, -0.1) is 0 Å². The molecule has 94 valence electrons. The standard InChI is InChI=1S/C9H19N3O2S2/c10-9(15)5-1-2-6-11-16(13,14)12-7-3-4-8-12/h11H,1-8H2,(H2,10,15). The Bertz CT molecular complexity index is 324. The summed E-state index contributed by atoms with van der Waals surface area (Å²) in [6, 6.07) is 0. The van der Waals surface area contributed by atoms with E-state index in [0.717, 1.165) is 25.7 Å². The van der Waals surface area contributed by atoms with E-state index >= 15 is 0 Å². The molecule has 0 unspecified atom stereocenters. The minimum Gasteiger partial charge on any atom is -0.393 e. The molecule has 16 heavy (non-hydrogen) atoms. The summed E-state index contributed by atoms with van der Waals surface area (Å²) in [4.78, 5) is 0.488. The van der Waals surface area contributed by atoms with Crippen molar-refractivity contribution >= 4 is 27.4 Å². The van der Waals surface area contributed by atoms with Crippen LogP contribution in [0.1, 0.15) is 32.1 Å². The maximum Gasteiger partial charge on any atom is 0.279 e. The normalized spacial score (nSPS) is 17.8. The van der Waals surface area contributed by atoms with E-state index < -0.39 is 10.2 Å². The van der Waals surface area contributed by atoms with Crippen LogP contribution in [0.5, 0.6) is 0 Å². The van der Waals surface area contributed by atoms with E-state index in [1.807, 2.05) is 0 Å². The molecule has 0 radical (unpaired) electrons. The van der Waals surface area contributed by atoms with Crippen LogP contribution in [0.4, 0.5) is 0 Å². The van der Waals surface area contributed by atoms with Gasteiger partial charge in [0.25, 0.3) is 10.2 Å². The Labute approximate surface area is 103 Å². The highest BCUT2D eigenvalue weighted by Crippen LogP contribution is 2.11. The fourth-order valence-corrected chi connectivity index (χ4v) is 3.11. The minimum absolute atomic E-state index is 0.460. The summed E-state index contributed by atoms with van der Waals surface area (Å²) in [5.41, 5.74) is 5.34. The van der Waals surface area contributed by atoms with Crippen molar-refractivity contribution in [3.05, 3.63) is 0 Å². The lowest BCUT2D eigenvalue weighted by atomic mass is 10.2. The third-order valence-electron chi connectivity index (χ3n) is 2.54. The first-order valence-electron chi connectivity index (χ1n) is 5.55. The number of nitrogens with two attached hydrogens (primary N) is 1. The van der Waals surface area contributed by atoms with Crippen LogP contribution >= 0.6 is 12.2 Å². The maximum atomic E-state index is 11.7. The zero-order valence-corrected chi connectivity index (χ0v) is 10.9. The average Bonchev–Trinajstić information content (AvgIpc) is 2.69. The first kappa shape index (κ1) is 13.8. The summed E-state index contributed by atoms with van der Waals surface area (Å²) < 4.78 is 27.5. The Morgan fingerprint density at radius 2 is 1.94 bits per heavy atom. The van der Waals surface area contributed by atoms with Crippen molar-refractivity contribution in [2.75, 3.05) is 19.6 Å². The summed E-state index contributed by atoms with van der Waals surface area (Å²) in [5, 5.41) is 0. The SMILES string of the molecule is NC(=S)CCCCNS(=O)(=O)N1CCCC1. The second-order valence-electron chi connectivity index (χ2n) is 3.93. The maximum absolute atomic E-state index is 11.7. The molecule has 1 fully saturated rings. The fraction of sp³-hybridized carbons (Fsp3) is 0.889. The van der Waals surface area contributed by atoms with Gasteiger partial charge in [-0.2, -0.15) is 12.7 Å². The van der Waals surface area contributed by atoms with Crippen molar-refractivity contribution in [1.29, 1.82) is 0 Å². The largest absolute Gasteiger partial charge is 0.393 e. The molecule has 5 nitrogen and oxygen atoms in total. The Balaban J connectivity index is 2.18. The van der Waals surface area contributed by atoms with Crippen LogP contribution in [0, 0.1) is 0 Å². The molecule has 0 aromatic heterocycles. The quantitative estimate of drug-likeness (QED) is 0.515. The zero-order valence-electron chi connectivity index (χ0n) is 9.31. The highest BCUT2D eigenvalue weighted by atomic mass is 32.2. The molecule has 0 atom stereocenters. The van der Waals surface area contributed by atoms with Crippen molar-refractivity contribution in [2.45, 2.75) is 32.1 Å². The molecule has 1 aliphatic rings. The molecule has 3 N–H and O–H groups in total. The second kappa shape index (κ2) is 6.48. The van der Waals surface area contributed by atoms with Gasteiger partial charge in [-0.25, -0.2) is 4.72 Å². The molecule has 0 aromatic carbocycles. The van der Waals surface area contributed by atoms with E-state index in [9.17, 15) is 8.42 Å². The summed E-state index contributed by atoms with van der Waals surface area (Å²) in [6.07, 6.45) is 4.20. The first-order chi connectivity index (χ1) is 7.52. The number of rotatable bonds is 7. The highest BCUT2D eigenvalue weighted by molar-refractivity contribution is 7.87. The van der Waals surface area contributed by atoms with E-state index in [2.05, 4.69) is 4.72 Å². The van der Waals surface area contributed by atoms with Gasteiger partial charge >= 0.3 is 0 Å². The van der Waals surface area contributed by atoms with Crippen molar-refractivity contribution in [1.82, 2.24) is 9.03 Å². The van der Waals surface area contributed by atoms with Gasteiger partial charge in [0.1, 0.15) is 0 Å². The summed E-state index contributed by atoms with van der Waals surface area (Å²) >= 11 is 4.74. The summed E-state index contributed by atoms with van der Waals surface area (Å²) in [7, 11) is -3.24. The lowest BCUT2D eigenvalue weighted by Crippen LogP contribution is -2.39. The van der Waals surface area contributed by atoms with Crippen LogP contribution in [0.15, 0.2) is 0 Å². The van der Waals surface area contributed by atoms with Crippen molar-refractivity contribution in [3.8, 4) is 0 Å².